The zero-order valence-electron chi connectivity index (χ0n) is 11.9. The van der Waals surface area contributed by atoms with Crippen LogP contribution in [0.5, 0.6) is 0 Å². The minimum absolute atomic E-state index is 0.0238. The van der Waals surface area contributed by atoms with E-state index >= 15 is 0 Å². The number of H-pyrrole nitrogens is 1. The molecule has 2 aromatic rings. The monoisotopic (exact) mass is 291 g/mol. The Labute approximate surface area is 122 Å². The Balaban J connectivity index is 2.00. The Morgan fingerprint density at radius 1 is 1.48 bits per heavy atom. The molecule has 1 aromatic carbocycles. The summed E-state index contributed by atoms with van der Waals surface area (Å²) in [5.74, 6) is 0.0944. The molecule has 2 rings (SSSR count). The molecule has 1 amide bonds. The van der Waals surface area contributed by atoms with Gasteiger partial charge < -0.3 is 5.73 Å². The van der Waals surface area contributed by atoms with E-state index in [1.54, 1.807) is 12.1 Å². The minimum atomic E-state index is -0.616. The highest BCUT2D eigenvalue weighted by molar-refractivity contribution is 5.93. The summed E-state index contributed by atoms with van der Waals surface area (Å²) in [7, 11) is 0. The molecule has 4 N–H and O–H groups in total. The third-order valence-electron chi connectivity index (χ3n) is 3.05. The van der Waals surface area contributed by atoms with Crippen LogP contribution < -0.4 is 11.1 Å². The van der Waals surface area contributed by atoms with Gasteiger partial charge in [-0.3, -0.25) is 15.2 Å². The Kier molecular flexibility index (Phi) is 4.64. The van der Waals surface area contributed by atoms with E-state index in [0.29, 0.717) is 12.2 Å². The summed E-state index contributed by atoms with van der Waals surface area (Å²) in [5, 5.41) is 9.16. The van der Waals surface area contributed by atoms with Gasteiger partial charge in [-0.25, -0.2) is 4.39 Å². The van der Waals surface area contributed by atoms with E-state index in [1.807, 2.05) is 13.8 Å². The van der Waals surface area contributed by atoms with E-state index in [0.717, 1.165) is 5.56 Å². The van der Waals surface area contributed by atoms with Gasteiger partial charge in [0, 0.05) is 6.42 Å². The van der Waals surface area contributed by atoms with Gasteiger partial charge in [-0.05, 0) is 23.6 Å². The highest BCUT2D eigenvalue weighted by Gasteiger charge is 2.18. The lowest BCUT2D eigenvalue weighted by Crippen LogP contribution is -2.40. The van der Waals surface area contributed by atoms with Crippen molar-refractivity contribution in [2.75, 3.05) is 5.32 Å². The number of nitrogens with two attached hydrogens (primary N) is 1. The molecule has 0 radical (unpaired) electrons. The number of carbonyl (C=O) groups excluding carboxylic acids is 1. The van der Waals surface area contributed by atoms with E-state index in [1.165, 1.54) is 12.1 Å². The standard InChI is InChI=1S/C14H18FN5O/c1-8(2)12(16)13(21)18-14-17-11(19-20-14)7-9-4-3-5-10(15)6-9/h3-6,8,12H,7,16H2,1-2H3,(H2,17,18,19,20,21)/t12-/m1/s1. The number of hydrogen-bond donors (Lipinski definition) is 3. The van der Waals surface area contributed by atoms with Crippen LogP contribution in [-0.4, -0.2) is 27.1 Å². The Morgan fingerprint density at radius 3 is 2.90 bits per heavy atom. The average Bonchev–Trinajstić information content (AvgIpc) is 2.84. The van der Waals surface area contributed by atoms with E-state index in [9.17, 15) is 9.18 Å². The molecule has 112 valence electrons. The van der Waals surface area contributed by atoms with Crippen LogP contribution in [0.3, 0.4) is 0 Å². The number of anilines is 1. The number of carbonyl (C=O) groups is 1. The van der Waals surface area contributed by atoms with Crippen molar-refractivity contribution >= 4 is 11.9 Å². The smallest absolute Gasteiger partial charge is 0.248 e. The van der Waals surface area contributed by atoms with Crippen LogP contribution in [0.25, 0.3) is 0 Å². The lowest BCUT2D eigenvalue weighted by atomic mass is 10.1. The number of amides is 1. The van der Waals surface area contributed by atoms with Crippen molar-refractivity contribution in [2.45, 2.75) is 26.3 Å². The number of aromatic nitrogens is 3. The van der Waals surface area contributed by atoms with Crippen molar-refractivity contribution in [1.29, 1.82) is 0 Å². The molecule has 0 bridgehead atoms. The first kappa shape index (κ1) is 15.1. The summed E-state index contributed by atoms with van der Waals surface area (Å²) in [5.41, 5.74) is 6.50. The first-order valence-electron chi connectivity index (χ1n) is 6.68. The number of rotatable bonds is 5. The lowest BCUT2D eigenvalue weighted by Gasteiger charge is -2.13. The van der Waals surface area contributed by atoms with Crippen molar-refractivity contribution in [1.82, 2.24) is 15.2 Å². The normalized spacial score (nSPS) is 12.4. The predicted molar refractivity (Wildman–Crippen MR) is 77.0 cm³/mol. The number of benzene rings is 1. The molecule has 1 heterocycles. The number of aromatic amines is 1. The molecule has 0 saturated carbocycles. The molecule has 6 nitrogen and oxygen atoms in total. The van der Waals surface area contributed by atoms with Crippen molar-refractivity contribution < 1.29 is 9.18 Å². The molecular weight excluding hydrogens is 273 g/mol. The van der Waals surface area contributed by atoms with Crippen molar-refractivity contribution in [3.63, 3.8) is 0 Å². The molecule has 0 aliphatic carbocycles. The van der Waals surface area contributed by atoms with Gasteiger partial charge in [-0.2, -0.15) is 4.98 Å². The molecule has 0 spiro atoms. The summed E-state index contributed by atoms with van der Waals surface area (Å²) in [4.78, 5) is 15.9. The maximum Gasteiger partial charge on any atom is 0.248 e. The molecular formula is C14H18FN5O. The van der Waals surface area contributed by atoms with Crippen LogP contribution in [0.1, 0.15) is 25.2 Å². The van der Waals surface area contributed by atoms with E-state index < -0.39 is 6.04 Å². The summed E-state index contributed by atoms with van der Waals surface area (Å²) in [6.45, 7) is 3.72. The fourth-order valence-electron chi connectivity index (χ4n) is 1.77. The highest BCUT2D eigenvalue weighted by atomic mass is 19.1. The number of hydrogen-bond acceptors (Lipinski definition) is 4. The maximum atomic E-state index is 13.1. The summed E-state index contributed by atoms with van der Waals surface area (Å²) < 4.78 is 13.1. The van der Waals surface area contributed by atoms with E-state index in [4.69, 9.17) is 5.73 Å². The average molecular weight is 291 g/mol. The zero-order valence-corrected chi connectivity index (χ0v) is 11.9. The van der Waals surface area contributed by atoms with Gasteiger partial charge in [-0.1, -0.05) is 26.0 Å². The predicted octanol–water partition coefficient (Wildman–Crippen LogP) is 1.46. The number of nitrogens with zero attached hydrogens (tertiary/aromatic N) is 2. The minimum Gasteiger partial charge on any atom is -0.320 e. The molecule has 1 aromatic heterocycles. The molecule has 0 saturated heterocycles. The van der Waals surface area contributed by atoms with E-state index in [-0.39, 0.29) is 23.6 Å². The van der Waals surface area contributed by atoms with Gasteiger partial charge >= 0.3 is 0 Å². The molecule has 7 heteroatoms. The van der Waals surface area contributed by atoms with Crippen LogP contribution in [0, 0.1) is 11.7 Å². The van der Waals surface area contributed by atoms with Crippen molar-refractivity contribution in [3.8, 4) is 0 Å². The fourth-order valence-corrected chi connectivity index (χ4v) is 1.77. The van der Waals surface area contributed by atoms with Crippen molar-refractivity contribution in [3.05, 3.63) is 41.5 Å². The quantitative estimate of drug-likeness (QED) is 0.777. The molecule has 0 fully saturated rings. The van der Waals surface area contributed by atoms with Crippen LogP contribution in [-0.2, 0) is 11.2 Å². The Hall–Kier alpha value is -2.28. The van der Waals surface area contributed by atoms with Gasteiger partial charge in [-0.15, -0.1) is 5.10 Å². The van der Waals surface area contributed by atoms with Crippen LogP contribution in [0.2, 0.25) is 0 Å². The summed E-state index contributed by atoms with van der Waals surface area (Å²) in [6, 6.07) is 5.61. The van der Waals surface area contributed by atoms with Crippen LogP contribution >= 0.6 is 0 Å². The summed E-state index contributed by atoms with van der Waals surface area (Å²) >= 11 is 0. The fraction of sp³-hybridized carbons (Fsp3) is 0.357. The van der Waals surface area contributed by atoms with Gasteiger partial charge in [0.2, 0.25) is 11.9 Å². The molecule has 21 heavy (non-hydrogen) atoms. The van der Waals surface area contributed by atoms with Gasteiger partial charge in [0.05, 0.1) is 6.04 Å². The van der Waals surface area contributed by atoms with Gasteiger partial charge in [0.15, 0.2) is 0 Å². The van der Waals surface area contributed by atoms with Crippen molar-refractivity contribution in [2.24, 2.45) is 11.7 Å². The molecule has 0 aliphatic rings. The van der Waals surface area contributed by atoms with Gasteiger partial charge in [0.1, 0.15) is 11.6 Å². The third-order valence-corrected chi connectivity index (χ3v) is 3.05. The second-order valence-corrected chi connectivity index (χ2v) is 5.17. The second kappa shape index (κ2) is 6.45. The first-order chi connectivity index (χ1) is 9.95. The van der Waals surface area contributed by atoms with Crippen LogP contribution in [0.15, 0.2) is 24.3 Å². The Bertz CT molecular complexity index is 625. The Morgan fingerprint density at radius 2 is 2.24 bits per heavy atom. The van der Waals surface area contributed by atoms with Gasteiger partial charge in [0.25, 0.3) is 0 Å². The van der Waals surface area contributed by atoms with Crippen LogP contribution in [0.4, 0.5) is 10.3 Å². The lowest BCUT2D eigenvalue weighted by molar-refractivity contribution is -0.118. The maximum absolute atomic E-state index is 13.1. The molecule has 0 aliphatic heterocycles. The highest BCUT2D eigenvalue weighted by Crippen LogP contribution is 2.09. The number of halogens is 1. The topological polar surface area (TPSA) is 96.7 Å². The largest absolute Gasteiger partial charge is 0.320 e. The molecule has 1 atom stereocenters. The number of nitrogens with one attached hydrogen (secondary N) is 2. The zero-order chi connectivity index (χ0) is 15.4. The van der Waals surface area contributed by atoms with E-state index in [2.05, 4.69) is 20.5 Å². The third kappa shape index (κ3) is 4.09. The second-order valence-electron chi connectivity index (χ2n) is 5.17. The summed E-state index contributed by atoms with van der Waals surface area (Å²) in [6.07, 6.45) is 0.400. The SMILES string of the molecule is CC(C)[C@@H](N)C(=O)Nc1n[nH]c(Cc2cccc(F)c2)n1. The molecule has 0 unspecified atom stereocenters. The first-order valence-corrected chi connectivity index (χ1v) is 6.68.